The van der Waals surface area contributed by atoms with Gasteiger partial charge < -0.3 is 4.90 Å². The van der Waals surface area contributed by atoms with Crippen molar-refractivity contribution < 1.29 is 4.92 Å². The van der Waals surface area contributed by atoms with Gasteiger partial charge in [0.2, 0.25) is 0 Å². The molecular weight excluding hydrogens is 438 g/mol. The fourth-order valence-corrected chi connectivity index (χ4v) is 3.81. The van der Waals surface area contributed by atoms with Crippen LogP contribution in [0.15, 0.2) is 120 Å². The first-order valence-corrected chi connectivity index (χ1v) is 11.4. The van der Waals surface area contributed by atoms with E-state index in [1.54, 1.807) is 11.1 Å². The van der Waals surface area contributed by atoms with E-state index in [0.717, 1.165) is 22.4 Å². The van der Waals surface area contributed by atoms with E-state index in [1.165, 1.54) is 12.1 Å². The molecular formula is C28H27N5O2. The van der Waals surface area contributed by atoms with Gasteiger partial charge in [-0.1, -0.05) is 96.2 Å². The predicted octanol–water partition coefficient (Wildman–Crippen LogP) is 6.93. The summed E-state index contributed by atoms with van der Waals surface area (Å²) in [6, 6.07) is 35.0. The van der Waals surface area contributed by atoms with E-state index in [9.17, 15) is 10.1 Å². The van der Waals surface area contributed by atoms with Crippen LogP contribution in [0, 0.1) is 10.1 Å². The summed E-state index contributed by atoms with van der Waals surface area (Å²) in [6.07, 6.45) is 0. The molecule has 0 radical (unpaired) electrons. The van der Waals surface area contributed by atoms with Crippen LogP contribution in [0.2, 0.25) is 0 Å². The molecule has 7 heteroatoms. The molecule has 0 saturated carbocycles. The molecule has 7 nitrogen and oxygen atoms in total. The van der Waals surface area contributed by atoms with Gasteiger partial charge in [0, 0.05) is 32.3 Å². The average Bonchev–Trinajstić information content (AvgIpc) is 2.89. The standard InChI is InChI=1S/C28H27N5O2/c1-31(20-23-11-5-2-6-12-23)30-29-27-19-26(33(34)35)17-18-28(27)32(21-24-13-7-3-8-14-24)22-25-15-9-4-10-16-25/h2-19H,20-22H2,1H3. The van der Waals surface area contributed by atoms with Crippen molar-refractivity contribution >= 4 is 17.1 Å². The average molecular weight is 466 g/mol. The molecule has 0 heterocycles. The van der Waals surface area contributed by atoms with Crippen LogP contribution in [0.25, 0.3) is 0 Å². The Bertz CT molecular complexity index is 1220. The van der Waals surface area contributed by atoms with E-state index >= 15 is 0 Å². The maximum Gasteiger partial charge on any atom is 0.271 e. The second-order valence-corrected chi connectivity index (χ2v) is 8.25. The largest absolute Gasteiger partial charge is 0.361 e. The van der Waals surface area contributed by atoms with Crippen molar-refractivity contribution in [1.29, 1.82) is 0 Å². The monoisotopic (exact) mass is 465 g/mol. The Labute approximate surface area is 205 Å². The van der Waals surface area contributed by atoms with Crippen molar-refractivity contribution in [1.82, 2.24) is 5.01 Å². The molecule has 4 aromatic carbocycles. The van der Waals surface area contributed by atoms with Gasteiger partial charge in [-0.15, -0.1) is 5.11 Å². The third kappa shape index (κ3) is 6.74. The zero-order chi connectivity index (χ0) is 24.5. The van der Waals surface area contributed by atoms with E-state index in [1.807, 2.05) is 73.8 Å². The van der Waals surface area contributed by atoms with Gasteiger partial charge in [-0.2, -0.15) is 0 Å². The molecule has 0 amide bonds. The van der Waals surface area contributed by atoms with Crippen LogP contribution in [-0.4, -0.2) is 17.0 Å². The van der Waals surface area contributed by atoms with E-state index < -0.39 is 4.92 Å². The van der Waals surface area contributed by atoms with Crippen LogP contribution < -0.4 is 4.90 Å². The SMILES string of the molecule is CN(Cc1ccccc1)N=Nc1cc([N+](=O)[O-])ccc1N(Cc1ccccc1)Cc1ccccc1. The summed E-state index contributed by atoms with van der Waals surface area (Å²) >= 11 is 0. The molecule has 0 atom stereocenters. The van der Waals surface area contributed by atoms with E-state index in [2.05, 4.69) is 39.5 Å². The highest BCUT2D eigenvalue weighted by atomic mass is 16.6. The molecule has 0 N–H and O–H groups in total. The molecule has 0 bridgehead atoms. The zero-order valence-corrected chi connectivity index (χ0v) is 19.6. The van der Waals surface area contributed by atoms with Gasteiger partial charge in [-0.05, 0) is 22.8 Å². The van der Waals surface area contributed by atoms with Crippen LogP contribution >= 0.6 is 0 Å². The number of anilines is 1. The van der Waals surface area contributed by atoms with Crippen LogP contribution in [0.4, 0.5) is 17.1 Å². The van der Waals surface area contributed by atoms with Crippen molar-refractivity contribution in [2.24, 2.45) is 10.3 Å². The Kier molecular flexibility index (Phi) is 7.81. The molecule has 0 unspecified atom stereocenters. The maximum absolute atomic E-state index is 11.5. The Morgan fingerprint density at radius 2 is 1.20 bits per heavy atom. The fraction of sp³-hybridized carbons (Fsp3) is 0.143. The number of hydrogen-bond donors (Lipinski definition) is 0. The van der Waals surface area contributed by atoms with E-state index in [0.29, 0.717) is 25.3 Å². The summed E-state index contributed by atoms with van der Waals surface area (Å²) in [4.78, 5) is 13.3. The summed E-state index contributed by atoms with van der Waals surface area (Å²) < 4.78 is 0. The Morgan fingerprint density at radius 1 is 0.714 bits per heavy atom. The summed E-state index contributed by atoms with van der Waals surface area (Å²) in [7, 11) is 1.83. The molecule has 4 aromatic rings. The predicted molar refractivity (Wildman–Crippen MR) is 138 cm³/mol. The van der Waals surface area contributed by atoms with Crippen molar-refractivity contribution in [2.45, 2.75) is 19.6 Å². The molecule has 0 aliphatic heterocycles. The minimum Gasteiger partial charge on any atom is -0.361 e. The summed E-state index contributed by atoms with van der Waals surface area (Å²) in [6.45, 7) is 1.82. The lowest BCUT2D eigenvalue weighted by molar-refractivity contribution is -0.384. The van der Waals surface area contributed by atoms with Crippen LogP contribution in [-0.2, 0) is 19.6 Å². The van der Waals surface area contributed by atoms with Gasteiger partial charge >= 0.3 is 0 Å². The first-order valence-electron chi connectivity index (χ1n) is 11.4. The number of nitrogens with zero attached hydrogens (tertiary/aromatic N) is 5. The quantitative estimate of drug-likeness (QED) is 0.145. The molecule has 4 rings (SSSR count). The van der Waals surface area contributed by atoms with E-state index in [4.69, 9.17) is 0 Å². The number of nitro benzene ring substituents is 1. The van der Waals surface area contributed by atoms with Gasteiger partial charge in [-0.3, -0.25) is 15.1 Å². The van der Waals surface area contributed by atoms with Crippen molar-refractivity contribution in [3.8, 4) is 0 Å². The first kappa shape index (κ1) is 23.6. The molecule has 0 aromatic heterocycles. The van der Waals surface area contributed by atoms with Crippen LogP contribution in [0.5, 0.6) is 0 Å². The van der Waals surface area contributed by atoms with Crippen molar-refractivity contribution in [2.75, 3.05) is 11.9 Å². The third-order valence-electron chi connectivity index (χ3n) is 5.50. The van der Waals surface area contributed by atoms with Gasteiger partial charge in [0.1, 0.15) is 5.69 Å². The number of hydrogen-bond acceptors (Lipinski definition) is 5. The first-order chi connectivity index (χ1) is 17.1. The minimum atomic E-state index is -0.408. The van der Waals surface area contributed by atoms with Crippen molar-refractivity contribution in [3.05, 3.63) is 136 Å². The number of non-ortho nitro benzene ring substituents is 1. The Balaban J connectivity index is 1.67. The lowest BCUT2D eigenvalue weighted by atomic mass is 10.1. The molecule has 0 aliphatic rings. The molecule has 0 saturated heterocycles. The normalized spacial score (nSPS) is 10.9. The molecule has 0 spiro atoms. The second-order valence-electron chi connectivity index (χ2n) is 8.25. The van der Waals surface area contributed by atoms with Gasteiger partial charge in [0.15, 0.2) is 0 Å². The molecule has 35 heavy (non-hydrogen) atoms. The van der Waals surface area contributed by atoms with Crippen LogP contribution in [0.1, 0.15) is 16.7 Å². The van der Waals surface area contributed by atoms with E-state index in [-0.39, 0.29) is 5.69 Å². The van der Waals surface area contributed by atoms with Crippen molar-refractivity contribution in [3.63, 3.8) is 0 Å². The fourth-order valence-electron chi connectivity index (χ4n) is 3.81. The van der Waals surface area contributed by atoms with Gasteiger partial charge in [0.05, 0.1) is 17.2 Å². The van der Waals surface area contributed by atoms with Gasteiger partial charge in [-0.25, -0.2) is 0 Å². The highest BCUT2D eigenvalue weighted by Crippen LogP contribution is 2.35. The highest BCUT2D eigenvalue weighted by Gasteiger charge is 2.17. The van der Waals surface area contributed by atoms with Gasteiger partial charge in [0.25, 0.3) is 5.69 Å². The Morgan fingerprint density at radius 3 is 1.69 bits per heavy atom. The molecule has 0 aliphatic carbocycles. The minimum absolute atomic E-state index is 0.0206. The van der Waals surface area contributed by atoms with Crippen LogP contribution in [0.3, 0.4) is 0 Å². The molecule has 0 fully saturated rings. The topological polar surface area (TPSA) is 74.3 Å². The lowest BCUT2D eigenvalue weighted by Gasteiger charge is -2.26. The highest BCUT2D eigenvalue weighted by molar-refractivity contribution is 5.70. The second kappa shape index (κ2) is 11.6. The molecule has 176 valence electrons. The summed E-state index contributed by atoms with van der Waals surface area (Å²) in [5.74, 6) is 0. The lowest BCUT2D eigenvalue weighted by Crippen LogP contribution is -2.22. The third-order valence-corrected chi connectivity index (χ3v) is 5.50. The number of benzene rings is 4. The smallest absolute Gasteiger partial charge is 0.271 e. The summed E-state index contributed by atoms with van der Waals surface area (Å²) in [5, 5.41) is 22.0. The Hall–Kier alpha value is -4.52. The number of rotatable bonds is 10. The maximum atomic E-state index is 11.5. The number of nitro groups is 1. The zero-order valence-electron chi connectivity index (χ0n) is 19.6. The summed E-state index contributed by atoms with van der Waals surface area (Å²) in [5.41, 5.74) is 4.57.